The van der Waals surface area contributed by atoms with Crippen LogP contribution in [0.2, 0.25) is 0 Å². The summed E-state index contributed by atoms with van der Waals surface area (Å²) in [6, 6.07) is 13.1. The SMILES string of the molecule is CCCCCCC(C)Nc1ncnc2sc(-c3ccccc3)cc12. The third-order valence-electron chi connectivity index (χ3n) is 4.26. The molecule has 1 unspecified atom stereocenters. The van der Waals surface area contributed by atoms with Crippen molar-refractivity contribution in [1.29, 1.82) is 0 Å². The second-order valence-corrected chi connectivity index (χ2v) is 7.34. The lowest BCUT2D eigenvalue weighted by molar-refractivity contribution is 0.593. The normalized spacial score (nSPS) is 12.4. The van der Waals surface area contributed by atoms with E-state index in [1.54, 1.807) is 17.7 Å². The van der Waals surface area contributed by atoms with Gasteiger partial charge in [0.05, 0.1) is 5.39 Å². The van der Waals surface area contributed by atoms with Crippen LogP contribution in [0.3, 0.4) is 0 Å². The number of rotatable bonds is 8. The van der Waals surface area contributed by atoms with Gasteiger partial charge >= 0.3 is 0 Å². The van der Waals surface area contributed by atoms with Gasteiger partial charge in [-0.2, -0.15) is 0 Å². The maximum atomic E-state index is 4.48. The van der Waals surface area contributed by atoms with Gasteiger partial charge < -0.3 is 5.32 Å². The van der Waals surface area contributed by atoms with E-state index in [-0.39, 0.29) is 0 Å². The van der Waals surface area contributed by atoms with Crippen molar-refractivity contribution in [2.75, 3.05) is 5.32 Å². The molecule has 0 fully saturated rings. The highest BCUT2D eigenvalue weighted by Crippen LogP contribution is 2.35. The van der Waals surface area contributed by atoms with Gasteiger partial charge in [0.2, 0.25) is 0 Å². The van der Waals surface area contributed by atoms with Gasteiger partial charge in [0.25, 0.3) is 0 Å². The van der Waals surface area contributed by atoms with Crippen molar-refractivity contribution in [1.82, 2.24) is 9.97 Å². The monoisotopic (exact) mass is 339 g/mol. The van der Waals surface area contributed by atoms with Gasteiger partial charge in [0.1, 0.15) is 17.0 Å². The fourth-order valence-corrected chi connectivity index (χ4v) is 3.90. The van der Waals surface area contributed by atoms with Crippen molar-refractivity contribution < 1.29 is 0 Å². The maximum Gasteiger partial charge on any atom is 0.138 e. The number of hydrogen-bond donors (Lipinski definition) is 1. The lowest BCUT2D eigenvalue weighted by Gasteiger charge is -2.14. The number of fused-ring (bicyclic) bond motifs is 1. The van der Waals surface area contributed by atoms with Gasteiger partial charge in [-0.3, -0.25) is 0 Å². The predicted octanol–water partition coefficient (Wildman–Crippen LogP) is 6.13. The Balaban J connectivity index is 1.75. The first-order chi connectivity index (χ1) is 11.8. The van der Waals surface area contributed by atoms with Gasteiger partial charge in [-0.05, 0) is 25.0 Å². The van der Waals surface area contributed by atoms with Gasteiger partial charge in [-0.25, -0.2) is 9.97 Å². The lowest BCUT2D eigenvalue weighted by atomic mass is 10.1. The van der Waals surface area contributed by atoms with E-state index in [9.17, 15) is 0 Å². The number of aromatic nitrogens is 2. The summed E-state index contributed by atoms with van der Waals surface area (Å²) in [6.07, 6.45) is 8.05. The molecular formula is C20H25N3S. The van der Waals surface area contributed by atoms with Crippen LogP contribution in [0.15, 0.2) is 42.7 Å². The van der Waals surface area contributed by atoms with Crippen molar-refractivity contribution in [2.45, 2.75) is 52.0 Å². The van der Waals surface area contributed by atoms with Crippen molar-refractivity contribution in [3.8, 4) is 10.4 Å². The van der Waals surface area contributed by atoms with Crippen LogP contribution in [0.5, 0.6) is 0 Å². The average Bonchev–Trinajstić information content (AvgIpc) is 3.05. The number of thiophene rings is 1. The van der Waals surface area contributed by atoms with Crippen LogP contribution in [-0.2, 0) is 0 Å². The van der Waals surface area contributed by atoms with E-state index in [4.69, 9.17) is 0 Å². The zero-order valence-electron chi connectivity index (χ0n) is 14.5. The van der Waals surface area contributed by atoms with Gasteiger partial charge in [0, 0.05) is 10.9 Å². The maximum absolute atomic E-state index is 4.48. The molecule has 0 bridgehead atoms. The summed E-state index contributed by atoms with van der Waals surface area (Å²) in [4.78, 5) is 11.2. The number of unbranched alkanes of at least 4 members (excludes halogenated alkanes) is 3. The van der Waals surface area contributed by atoms with E-state index in [2.05, 4.69) is 59.5 Å². The standard InChI is InChI=1S/C20H25N3S/c1-3-4-5-7-10-15(2)23-19-17-13-18(16-11-8-6-9-12-16)24-20(17)22-14-21-19/h6,8-9,11-15H,3-5,7,10H2,1-2H3,(H,21,22,23). The Bertz CT molecular complexity index is 767. The largest absolute Gasteiger partial charge is 0.367 e. The first kappa shape index (κ1) is 16.9. The predicted molar refractivity (Wildman–Crippen MR) is 105 cm³/mol. The van der Waals surface area contributed by atoms with E-state index in [1.165, 1.54) is 42.5 Å². The molecule has 1 N–H and O–H groups in total. The van der Waals surface area contributed by atoms with E-state index in [0.29, 0.717) is 6.04 Å². The molecule has 0 radical (unpaired) electrons. The molecule has 0 aliphatic rings. The van der Waals surface area contributed by atoms with Crippen molar-refractivity contribution >= 4 is 27.4 Å². The molecule has 0 amide bonds. The number of nitrogens with one attached hydrogen (secondary N) is 1. The first-order valence-corrected chi connectivity index (χ1v) is 9.66. The molecule has 3 aromatic rings. The highest BCUT2D eigenvalue weighted by atomic mass is 32.1. The quantitative estimate of drug-likeness (QED) is 0.502. The summed E-state index contributed by atoms with van der Waals surface area (Å²) in [5.41, 5.74) is 1.24. The molecule has 3 nitrogen and oxygen atoms in total. The van der Waals surface area contributed by atoms with Crippen molar-refractivity contribution in [3.63, 3.8) is 0 Å². The highest BCUT2D eigenvalue weighted by molar-refractivity contribution is 7.21. The molecule has 3 rings (SSSR count). The van der Waals surface area contributed by atoms with Crippen LogP contribution in [0.4, 0.5) is 5.82 Å². The third kappa shape index (κ3) is 4.12. The molecule has 0 saturated heterocycles. The zero-order valence-corrected chi connectivity index (χ0v) is 15.3. The van der Waals surface area contributed by atoms with Crippen LogP contribution < -0.4 is 5.32 Å². The first-order valence-electron chi connectivity index (χ1n) is 8.84. The molecule has 4 heteroatoms. The topological polar surface area (TPSA) is 37.8 Å². The van der Waals surface area contributed by atoms with Gasteiger partial charge in [-0.1, -0.05) is 62.9 Å². The van der Waals surface area contributed by atoms with Crippen LogP contribution >= 0.6 is 11.3 Å². The Morgan fingerprint density at radius 2 is 1.92 bits per heavy atom. The molecule has 24 heavy (non-hydrogen) atoms. The molecule has 0 spiro atoms. The summed E-state index contributed by atoms with van der Waals surface area (Å²) in [5, 5.41) is 4.71. The highest BCUT2D eigenvalue weighted by Gasteiger charge is 2.11. The molecule has 0 saturated carbocycles. The van der Waals surface area contributed by atoms with Crippen LogP contribution in [-0.4, -0.2) is 16.0 Å². The average molecular weight is 340 g/mol. The Morgan fingerprint density at radius 1 is 1.08 bits per heavy atom. The van der Waals surface area contributed by atoms with E-state index < -0.39 is 0 Å². The van der Waals surface area contributed by atoms with E-state index in [0.717, 1.165) is 16.0 Å². The minimum absolute atomic E-state index is 0.431. The summed E-state index contributed by atoms with van der Waals surface area (Å²) in [6.45, 7) is 4.49. The Labute approximate surface area is 148 Å². The van der Waals surface area contributed by atoms with E-state index >= 15 is 0 Å². The summed E-state index contributed by atoms with van der Waals surface area (Å²) in [7, 11) is 0. The third-order valence-corrected chi connectivity index (χ3v) is 5.35. The lowest BCUT2D eigenvalue weighted by Crippen LogP contribution is -2.16. The molecule has 2 heterocycles. The molecule has 2 aromatic heterocycles. The van der Waals surface area contributed by atoms with Crippen LogP contribution in [0.25, 0.3) is 20.7 Å². The number of benzene rings is 1. The summed E-state index contributed by atoms with van der Waals surface area (Å²) in [5.74, 6) is 0.960. The zero-order chi connectivity index (χ0) is 16.8. The van der Waals surface area contributed by atoms with Gasteiger partial charge in [-0.15, -0.1) is 11.3 Å². The number of hydrogen-bond acceptors (Lipinski definition) is 4. The Hall–Kier alpha value is -1.94. The van der Waals surface area contributed by atoms with E-state index in [1.807, 2.05) is 6.07 Å². The molecule has 126 valence electrons. The van der Waals surface area contributed by atoms with Crippen molar-refractivity contribution in [2.24, 2.45) is 0 Å². The van der Waals surface area contributed by atoms with Crippen LogP contribution in [0, 0.1) is 0 Å². The molecule has 1 atom stereocenters. The summed E-state index contributed by atoms with van der Waals surface area (Å²) >= 11 is 1.72. The molecular weight excluding hydrogens is 314 g/mol. The second-order valence-electron chi connectivity index (χ2n) is 6.31. The minimum atomic E-state index is 0.431. The number of nitrogens with zero attached hydrogens (tertiary/aromatic N) is 2. The fourth-order valence-electron chi connectivity index (χ4n) is 2.90. The molecule has 1 aromatic carbocycles. The smallest absolute Gasteiger partial charge is 0.138 e. The minimum Gasteiger partial charge on any atom is -0.367 e. The van der Waals surface area contributed by atoms with Crippen LogP contribution in [0.1, 0.15) is 46.0 Å². The second kappa shape index (κ2) is 8.25. The van der Waals surface area contributed by atoms with Crippen molar-refractivity contribution in [3.05, 3.63) is 42.7 Å². The summed E-state index contributed by atoms with van der Waals surface area (Å²) < 4.78 is 0. The Kier molecular flexibility index (Phi) is 5.81. The number of anilines is 1. The van der Waals surface area contributed by atoms with Gasteiger partial charge in [0.15, 0.2) is 0 Å². The fraction of sp³-hybridized carbons (Fsp3) is 0.400. The molecule has 0 aliphatic heterocycles. The molecule has 0 aliphatic carbocycles. The Morgan fingerprint density at radius 3 is 2.71 bits per heavy atom.